The van der Waals surface area contributed by atoms with Crippen LogP contribution in [-0.4, -0.2) is 21.0 Å². The predicted molar refractivity (Wildman–Crippen MR) is 82.8 cm³/mol. The maximum Gasteiger partial charge on any atom is 0.348 e. The highest BCUT2D eigenvalue weighted by molar-refractivity contribution is 7.17. The molecule has 0 atom stereocenters. The molecular weight excluding hydrogens is 308 g/mol. The van der Waals surface area contributed by atoms with Crippen LogP contribution in [0.2, 0.25) is 5.02 Å². The van der Waals surface area contributed by atoms with Crippen molar-refractivity contribution in [3.63, 3.8) is 0 Å². The number of aromatic nitrogens is 2. The summed E-state index contributed by atoms with van der Waals surface area (Å²) in [7, 11) is 0. The van der Waals surface area contributed by atoms with Crippen molar-refractivity contribution >= 4 is 28.9 Å². The SMILES string of the molecule is O=C(O)c1sc(-c2ccncc2)nc1-c1cccc(Cl)c1. The fourth-order valence-electron chi connectivity index (χ4n) is 1.91. The summed E-state index contributed by atoms with van der Waals surface area (Å²) in [5.74, 6) is -0.997. The van der Waals surface area contributed by atoms with Gasteiger partial charge >= 0.3 is 5.97 Å². The topological polar surface area (TPSA) is 63.1 Å². The van der Waals surface area contributed by atoms with Crippen LogP contribution >= 0.6 is 22.9 Å². The quantitative estimate of drug-likeness (QED) is 0.785. The summed E-state index contributed by atoms with van der Waals surface area (Å²) in [4.78, 5) is 20.1. The van der Waals surface area contributed by atoms with Crippen molar-refractivity contribution in [2.45, 2.75) is 0 Å². The first-order chi connectivity index (χ1) is 10.1. The van der Waals surface area contributed by atoms with Gasteiger partial charge in [-0.15, -0.1) is 11.3 Å². The van der Waals surface area contributed by atoms with E-state index in [4.69, 9.17) is 11.6 Å². The number of aromatic carboxylic acids is 1. The van der Waals surface area contributed by atoms with Gasteiger partial charge in [-0.1, -0.05) is 23.7 Å². The maximum absolute atomic E-state index is 11.4. The van der Waals surface area contributed by atoms with Gasteiger partial charge in [0.15, 0.2) is 0 Å². The molecule has 21 heavy (non-hydrogen) atoms. The summed E-state index contributed by atoms with van der Waals surface area (Å²) >= 11 is 7.11. The second kappa shape index (κ2) is 5.63. The smallest absolute Gasteiger partial charge is 0.348 e. The van der Waals surface area contributed by atoms with Gasteiger partial charge in [-0.2, -0.15) is 0 Å². The van der Waals surface area contributed by atoms with Gasteiger partial charge in [-0.25, -0.2) is 9.78 Å². The van der Waals surface area contributed by atoms with Gasteiger partial charge in [0.2, 0.25) is 0 Å². The number of thiazole rings is 1. The fourth-order valence-corrected chi connectivity index (χ4v) is 3.04. The van der Waals surface area contributed by atoms with Gasteiger partial charge in [0.05, 0.1) is 5.69 Å². The third kappa shape index (κ3) is 2.79. The van der Waals surface area contributed by atoms with Crippen LogP contribution in [0.5, 0.6) is 0 Å². The van der Waals surface area contributed by atoms with Gasteiger partial charge in [0.25, 0.3) is 0 Å². The number of carboxylic acids is 1. The molecule has 0 saturated heterocycles. The largest absolute Gasteiger partial charge is 0.477 e. The molecule has 0 aliphatic carbocycles. The van der Waals surface area contributed by atoms with Crippen molar-refractivity contribution in [2.75, 3.05) is 0 Å². The van der Waals surface area contributed by atoms with Gasteiger partial charge in [-0.3, -0.25) is 4.98 Å². The number of nitrogens with zero attached hydrogens (tertiary/aromatic N) is 2. The molecule has 3 rings (SSSR count). The molecule has 0 saturated carbocycles. The van der Waals surface area contributed by atoms with Crippen LogP contribution in [0.15, 0.2) is 48.8 Å². The minimum absolute atomic E-state index is 0.198. The Morgan fingerprint density at radius 2 is 1.90 bits per heavy atom. The van der Waals surface area contributed by atoms with Crippen LogP contribution in [0.25, 0.3) is 21.8 Å². The maximum atomic E-state index is 11.4. The first kappa shape index (κ1) is 13.7. The van der Waals surface area contributed by atoms with Crippen LogP contribution in [0.4, 0.5) is 0 Å². The van der Waals surface area contributed by atoms with E-state index in [9.17, 15) is 9.90 Å². The minimum Gasteiger partial charge on any atom is -0.477 e. The Bertz CT molecular complexity index is 802. The van der Waals surface area contributed by atoms with E-state index in [2.05, 4.69) is 9.97 Å². The fraction of sp³-hybridized carbons (Fsp3) is 0. The highest BCUT2D eigenvalue weighted by Gasteiger charge is 2.19. The summed E-state index contributed by atoms with van der Waals surface area (Å²) in [6, 6.07) is 10.6. The molecule has 0 amide bonds. The Labute approximate surface area is 129 Å². The number of hydrogen-bond acceptors (Lipinski definition) is 4. The first-order valence-corrected chi connectivity index (χ1v) is 7.25. The molecule has 0 aliphatic rings. The third-order valence-electron chi connectivity index (χ3n) is 2.85. The molecule has 2 aromatic heterocycles. The summed E-state index contributed by atoms with van der Waals surface area (Å²) in [5.41, 5.74) is 1.96. The second-order valence-corrected chi connectivity index (χ2v) is 5.68. The molecule has 1 aromatic carbocycles. The number of halogens is 1. The minimum atomic E-state index is -0.997. The molecule has 1 N–H and O–H groups in total. The molecule has 6 heteroatoms. The first-order valence-electron chi connectivity index (χ1n) is 6.05. The number of rotatable bonds is 3. The lowest BCUT2D eigenvalue weighted by Gasteiger charge is -1.99. The van der Waals surface area contributed by atoms with Crippen LogP contribution in [0.3, 0.4) is 0 Å². The molecule has 2 heterocycles. The van der Waals surface area contributed by atoms with E-state index in [0.717, 1.165) is 16.9 Å². The molecule has 0 unspecified atom stereocenters. The third-order valence-corrected chi connectivity index (χ3v) is 4.17. The molecule has 0 spiro atoms. The summed E-state index contributed by atoms with van der Waals surface area (Å²) in [6.45, 7) is 0. The van der Waals surface area contributed by atoms with E-state index in [0.29, 0.717) is 21.3 Å². The standard InChI is InChI=1S/C15H9ClN2O2S/c16-11-3-1-2-10(8-11)12-13(15(19)20)21-14(18-12)9-4-6-17-7-5-9/h1-8H,(H,19,20). The van der Waals surface area contributed by atoms with Crippen molar-refractivity contribution in [3.05, 3.63) is 58.7 Å². The summed E-state index contributed by atoms with van der Waals surface area (Å²) in [6.07, 6.45) is 3.30. The van der Waals surface area contributed by atoms with E-state index in [1.54, 1.807) is 48.8 Å². The van der Waals surface area contributed by atoms with E-state index in [1.165, 1.54) is 0 Å². The van der Waals surface area contributed by atoms with E-state index in [-0.39, 0.29) is 4.88 Å². The summed E-state index contributed by atoms with van der Waals surface area (Å²) < 4.78 is 0. The predicted octanol–water partition coefficient (Wildman–Crippen LogP) is 4.22. The number of pyridine rings is 1. The molecular formula is C15H9ClN2O2S. The molecule has 0 bridgehead atoms. The Morgan fingerprint density at radius 3 is 2.57 bits per heavy atom. The Kier molecular flexibility index (Phi) is 3.68. The van der Waals surface area contributed by atoms with Gasteiger partial charge in [0.1, 0.15) is 9.88 Å². The van der Waals surface area contributed by atoms with Crippen molar-refractivity contribution in [1.82, 2.24) is 9.97 Å². The number of hydrogen-bond donors (Lipinski definition) is 1. The number of carbonyl (C=O) groups is 1. The molecule has 4 nitrogen and oxygen atoms in total. The van der Waals surface area contributed by atoms with E-state index in [1.807, 2.05) is 0 Å². The van der Waals surface area contributed by atoms with E-state index < -0.39 is 5.97 Å². The van der Waals surface area contributed by atoms with Crippen molar-refractivity contribution in [2.24, 2.45) is 0 Å². The molecule has 0 fully saturated rings. The van der Waals surface area contributed by atoms with Crippen LogP contribution in [-0.2, 0) is 0 Å². The zero-order valence-corrected chi connectivity index (χ0v) is 12.2. The lowest BCUT2D eigenvalue weighted by Crippen LogP contribution is -1.95. The molecule has 104 valence electrons. The monoisotopic (exact) mass is 316 g/mol. The Hall–Kier alpha value is -2.24. The van der Waals surface area contributed by atoms with Gasteiger partial charge in [0, 0.05) is 28.5 Å². The summed E-state index contributed by atoms with van der Waals surface area (Å²) in [5, 5.41) is 10.6. The highest BCUT2D eigenvalue weighted by atomic mass is 35.5. The average Bonchev–Trinajstić information content (AvgIpc) is 2.93. The van der Waals surface area contributed by atoms with Crippen LogP contribution in [0.1, 0.15) is 9.67 Å². The average molecular weight is 317 g/mol. The van der Waals surface area contributed by atoms with Crippen molar-refractivity contribution in [1.29, 1.82) is 0 Å². The van der Waals surface area contributed by atoms with E-state index >= 15 is 0 Å². The Morgan fingerprint density at radius 1 is 1.14 bits per heavy atom. The zero-order valence-electron chi connectivity index (χ0n) is 10.7. The molecule has 3 aromatic rings. The van der Waals surface area contributed by atoms with Gasteiger partial charge < -0.3 is 5.11 Å². The second-order valence-electron chi connectivity index (χ2n) is 4.25. The van der Waals surface area contributed by atoms with Gasteiger partial charge in [-0.05, 0) is 24.3 Å². The zero-order chi connectivity index (χ0) is 14.8. The Balaban J connectivity index is 2.16. The van der Waals surface area contributed by atoms with Crippen molar-refractivity contribution < 1.29 is 9.90 Å². The normalized spacial score (nSPS) is 10.5. The number of carboxylic acid groups (broad SMARTS) is 1. The molecule has 0 radical (unpaired) electrons. The van der Waals surface area contributed by atoms with Crippen LogP contribution in [0, 0.1) is 0 Å². The highest BCUT2D eigenvalue weighted by Crippen LogP contribution is 2.34. The number of benzene rings is 1. The molecule has 0 aliphatic heterocycles. The van der Waals surface area contributed by atoms with Crippen LogP contribution < -0.4 is 0 Å². The lowest BCUT2D eigenvalue weighted by molar-refractivity contribution is 0.0702. The van der Waals surface area contributed by atoms with Crippen molar-refractivity contribution in [3.8, 4) is 21.8 Å². The lowest BCUT2D eigenvalue weighted by atomic mass is 10.1.